The van der Waals surface area contributed by atoms with E-state index < -0.39 is 11.0 Å². The first-order chi connectivity index (χ1) is 8.02. The molecule has 17 heavy (non-hydrogen) atoms. The summed E-state index contributed by atoms with van der Waals surface area (Å²) in [7, 11) is 0. The highest BCUT2D eigenvalue weighted by molar-refractivity contribution is 8.21. The smallest absolute Gasteiger partial charge is 0.447 e. The van der Waals surface area contributed by atoms with E-state index in [1.807, 2.05) is 0 Å². The van der Waals surface area contributed by atoms with Gasteiger partial charge in [-0.1, -0.05) is 19.8 Å². The summed E-state index contributed by atoms with van der Waals surface area (Å²) in [6.45, 7) is -2.83. The molecule has 1 rings (SSSR count). The van der Waals surface area contributed by atoms with Crippen molar-refractivity contribution in [3.8, 4) is 11.8 Å². The molecule has 0 amide bonds. The van der Waals surface area contributed by atoms with Gasteiger partial charge in [-0.25, -0.2) is 0 Å². The Morgan fingerprint density at radius 1 is 1.18 bits per heavy atom. The largest absolute Gasteiger partial charge is 0.516 e. The zero-order valence-electron chi connectivity index (χ0n) is 9.98. The van der Waals surface area contributed by atoms with Crippen LogP contribution in [-0.2, 0) is 0 Å². The molecular formula is C11H17BF3S2-. The van der Waals surface area contributed by atoms with Crippen molar-refractivity contribution in [3.05, 3.63) is 0 Å². The van der Waals surface area contributed by atoms with Crippen LogP contribution in [0.1, 0.15) is 39.0 Å². The van der Waals surface area contributed by atoms with E-state index in [0.717, 1.165) is 49.2 Å². The number of thioether (sulfide) groups is 2. The summed E-state index contributed by atoms with van der Waals surface area (Å²) in [4.78, 5) is 0. The summed E-state index contributed by atoms with van der Waals surface area (Å²) >= 11 is 1.95. The average Bonchev–Trinajstić information content (AvgIpc) is 2.29. The Morgan fingerprint density at radius 3 is 2.35 bits per heavy atom. The quantitative estimate of drug-likeness (QED) is 0.422. The second-order valence-electron chi connectivity index (χ2n) is 4.05. The summed E-state index contributed by atoms with van der Waals surface area (Å²) in [6.07, 6.45) is 4.45. The minimum atomic E-state index is -4.90. The molecule has 1 aliphatic heterocycles. The normalized spacial score (nSPS) is 19.5. The van der Waals surface area contributed by atoms with Gasteiger partial charge in [-0.05, 0) is 24.3 Å². The standard InChI is InChI=1S/C11H17BF3S2/c1-2-3-4-5-6-8-11(12(13,14)15)16-9-7-10-17-11/h2-5,7,9-10H2,1H3/q-1. The van der Waals surface area contributed by atoms with Crippen LogP contribution in [-0.4, -0.2) is 22.5 Å². The lowest BCUT2D eigenvalue weighted by Gasteiger charge is -2.39. The fourth-order valence-corrected chi connectivity index (χ4v) is 4.41. The number of unbranched alkanes of at least 4 members (excludes halogenated alkanes) is 3. The Bertz CT molecular complexity index is 287. The van der Waals surface area contributed by atoms with Gasteiger partial charge in [0.05, 0.1) is 3.98 Å². The van der Waals surface area contributed by atoms with E-state index in [4.69, 9.17) is 0 Å². The first kappa shape index (κ1) is 15.2. The predicted octanol–water partition coefficient (Wildman–Crippen LogP) is 4.52. The van der Waals surface area contributed by atoms with Crippen LogP contribution in [0.2, 0.25) is 0 Å². The second kappa shape index (κ2) is 6.89. The Hall–Kier alpha value is 0.115. The molecule has 0 spiro atoms. The van der Waals surface area contributed by atoms with E-state index in [-0.39, 0.29) is 0 Å². The van der Waals surface area contributed by atoms with Crippen LogP contribution in [0.4, 0.5) is 12.9 Å². The van der Waals surface area contributed by atoms with Gasteiger partial charge < -0.3 is 12.9 Å². The van der Waals surface area contributed by atoms with Crippen LogP contribution < -0.4 is 0 Å². The first-order valence-electron chi connectivity index (χ1n) is 5.99. The highest BCUT2D eigenvalue weighted by atomic mass is 32.2. The molecule has 0 nitrogen and oxygen atoms in total. The third-order valence-corrected chi connectivity index (χ3v) is 5.81. The van der Waals surface area contributed by atoms with Crippen molar-refractivity contribution in [1.29, 1.82) is 0 Å². The van der Waals surface area contributed by atoms with Crippen molar-refractivity contribution in [2.24, 2.45) is 0 Å². The fourth-order valence-electron chi connectivity index (χ4n) is 1.54. The van der Waals surface area contributed by atoms with Gasteiger partial charge in [0.1, 0.15) is 0 Å². The zero-order chi connectivity index (χ0) is 12.8. The van der Waals surface area contributed by atoms with Crippen LogP contribution in [0.5, 0.6) is 0 Å². The molecule has 0 aromatic carbocycles. The molecule has 0 unspecified atom stereocenters. The lowest BCUT2D eigenvalue weighted by molar-refractivity contribution is 0.469. The molecule has 0 bridgehead atoms. The van der Waals surface area contributed by atoms with E-state index in [9.17, 15) is 12.9 Å². The third kappa shape index (κ3) is 4.37. The van der Waals surface area contributed by atoms with Crippen LogP contribution in [0.3, 0.4) is 0 Å². The highest BCUT2D eigenvalue weighted by Crippen LogP contribution is 2.49. The average molecular weight is 281 g/mol. The molecule has 0 atom stereocenters. The lowest BCUT2D eigenvalue weighted by atomic mass is 9.84. The molecule has 0 N–H and O–H groups in total. The number of halogens is 3. The van der Waals surface area contributed by atoms with Gasteiger partial charge in [-0.15, -0.1) is 11.8 Å². The van der Waals surface area contributed by atoms with E-state index in [1.54, 1.807) is 0 Å². The Morgan fingerprint density at radius 2 is 1.82 bits per heavy atom. The zero-order valence-corrected chi connectivity index (χ0v) is 11.6. The maximum absolute atomic E-state index is 13.1. The van der Waals surface area contributed by atoms with Crippen molar-refractivity contribution < 1.29 is 12.9 Å². The van der Waals surface area contributed by atoms with Gasteiger partial charge in [0.15, 0.2) is 0 Å². The summed E-state index contributed by atoms with van der Waals surface area (Å²) in [6, 6.07) is 0. The van der Waals surface area contributed by atoms with E-state index in [0.29, 0.717) is 17.9 Å². The molecule has 0 saturated carbocycles. The minimum Gasteiger partial charge on any atom is -0.447 e. The monoisotopic (exact) mass is 281 g/mol. The van der Waals surface area contributed by atoms with Crippen LogP contribution >= 0.6 is 23.5 Å². The summed E-state index contributed by atoms with van der Waals surface area (Å²) in [5.74, 6) is 6.39. The number of hydrogen-bond acceptors (Lipinski definition) is 2. The van der Waals surface area contributed by atoms with Crippen LogP contribution in [0.15, 0.2) is 0 Å². The van der Waals surface area contributed by atoms with Crippen molar-refractivity contribution in [1.82, 2.24) is 0 Å². The van der Waals surface area contributed by atoms with Gasteiger partial charge in [0.25, 0.3) is 0 Å². The van der Waals surface area contributed by atoms with E-state index in [1.165, 1.54) is 0 Å². The maximum atomic E-state index is 13.1. The van der Waals surface area contributed by atoms with Gasteiger partial charge in [0, 0.05) is 6.42 Å². The predicted molar refractivity (Wildman–Crippen MR) is 73.3 cm³/mol. The highest BCUT2D eigenvalue weighted by Gasteiger charge is 2.51. The number of rotatable bonds is 4. The van der Waals surface area contributed by atoms with Gasteiger partial charge in [0.2, 0.25) is 0 Å². The molecule has 6 heteroatoms. The summed E-state index contributed by atoms with van der Waals surface area (Å²) < 4.78 is 37.5. The molecule has 0 aromatic heterocycles. The molecule has 0 aliphatic carbocycles. The fraction of sp³-hybridized carbons (Fsp3) is 0.818. The Labute approximate surface area is 110 Å². The minimum absolute atomic E-state index is 0.567. The first-order valence-corrected chi connectivity index (χ1v) is 7.96. The topological polar surface area (TPSA) is 0 Å². The van der Waals surface area contributed by atoms with Crippen molar-refractivity contribution in [2.75, 3.05) is 11.5 Å². The SMILES string of the molecule is CCCCCC#CC1([B-](F)(F)F)SCCCS1. The van der Waals surface area contributed by atoms with Crippen molar-refractivity contribution in [2.45, 2.75) is 43.0 Å². The molecular weight excluding hydrogens is 264 g/mol. The molecule has 0 aromatic rings. The molecule has 1 saturated heterocycles. The molecule has 1 heterocycles. The maximum Gasteiger partial charge on any atom is 0.516 e. The lowest BCUT2D eigenvalue weighted by Crippen LogP contribution is -2.45. The van der Waals surface area contributed by atoms with Crippen LogP contribution in [0.25, 0.3) is 0 Å². The molecule has 0 radical (unpaired) electrons. The van der Waals surface area contributed by atoms with Crippen molar-refractivity contribution >= 4 is 30.5 Å². The van der Waals surface area contributed by atoms with Crippen LogP contribution in [0, 0.1) is 11.8 Å². The van der Waals surface area contributed by atoms with Gasteiger partial charge in [-0.3, -0.25) is 0 Å². The van der Waals surface area contributed by atoms with Crippen molar-refractivity contribution in [3.63, 3.8) is 0 Å². The van der Waals surface area contributed by atoms with Gasteiger partial charge >= 0.3 is 6.98 Å². The molecule has 1 fully saturated rings. The third-order valence-electron chi connectivity index (χ3n) is 2.52. The Kier molecular flexibility index (Phi) is 6.15. The summed E-state index contributed by atoms with van der Waals surface area (Å²) in [5, 5.41) is 0. The second-order valence-corrected chi connectivity index (χ2v) is 6.99. The van der Waals surface area contributed by atoms with Gasteiger partial charge in [-0.2, -0.15) is 23.5 Å². The van der Waals surface area contributed by atoms with E-state index >= 15 is 0 Å². The molecule has 98 valence electrons. The Balaban J connectivity index is 2.64. The van der Waals surface area contributed by atoms with E-state index in [2.05, 4.69) is 18.8 Å². The molecule has 1 aliphatic rings. The number of hydrogen-bond donors (Lipinski definition) is 0. The summed E-state index contributed by atoms with van der Waals surface area (Å²) in [5.41, 5.74) is 0.